The van der Waals surface area contributed by atoms with Gasteiger partial charge in [0.25, 0.3) is 10.0 Å². The van der Waals surface area contributed by atoms with E-state index in [1.807, 2.05) is 0 Å². The van der Waals surface area contributed by atoms with Gasteiger partial charge in [-0.3, -0.25) is 9.71 Å². The number of pyridine rings is 2. The van der Waals surface area contributed by atoms with E-state index in [1.54, 1.807) is 12.1 Å². The number of halogens is 1. The van der Waals surface area contributed by atoms with Crippen molar-refractivity contribution in [3.05, 3.63) is 48.0 Å². The Labute approximate surface area is 104 Å². The fraction of sp³-hybridized carbons (Fsp3) is 0. The number of nitrogens with one attached hydrogen (secondary N) is 1. The zero-order valence-corrected chi connectivity index (χ0v) is 10.1. The third-order valence-corrected chi connectivity index (χ3v) is 3.53. The molecule has 0 atom stereocenters. The van der Waals surface area contributed by atoms with E-state index >= 15 is 0 Å². The second-order valence-electron chi connectivity index (χ2n) is 3.16. The van der Waals surface area contributed by atoms with E-state index in [4.69, 9.17) is 11.6 Å². The van der Waals surface area contributed by atoms with Gasteiger partial charge in [0.05, 0.1) is 10.6 Å². The van der Waals surface area contributed by atoms with Crippen LogP contribution in [0.25, 0.3) is 0 Å². The number of hydrogen-bond acceptors (Lipinski definition) is 4. The first-order chi connectivity index (χ1) is 8.08. The van der Waals surface area contributed by atoms with Crippen LogP contribution in [0.5, 0.6) is 0 Å². The summed E-state index contributed by atoms with van der Waals surface area (Å²) in [5.74, 6) is 0. The van der Waals surface area contributed by atoms with Crippen LogP contribution in [0.15, 0.2) is 47.8 Å². The quantitative estimate of drug-likeness (QED) is 0.864. The molecule has 1 N–H and O–H groups in total. The summed E-state index contributed by atoms with van der Waals surface area (Å²) in [5, 5.41) is 0.127. The number of nitrogens with zero attached hydrogens (tertiary/aromatic N) is 2. The minimum atomic E-state index is -3.64. The Kier molecular flexibility index (Phi) is 3.26. The predicted molar refractivity (Wildman–Crippen MR) is 64.3 cm³/mol. The Morgan fingerprint density at radius 1 is 1.12 bits per heavy atom. The highest BCUT2D eigenvalue weighted by Gasteiger charge is 2.14. The van der Waals surface area contributed by atoms with Gasteiger partial charge in [0.1, 0.15) is 5.15 Å². The average molecular weight is 270 g/mol. The molecule has 0 fully saturated rings. The Balaban J connectivity index is 2.32. The number of anilines is 1. The molecule has 2 rings (SSSR count). The molecule has 0 unspecified atom stereocenters. The van der Waals surface area contributed by atoms with Crippen LogP contribution in [0.2, 0.25) is 5.15 Å². The molecule has 0 radical (unpaired) electrons. The Bertz CT molecular complexity index is 616. The Morgan fingerprint density at radius 3 is 2.47 bits per heavy atom. The van der Waals surface area contributed by atoms with Crippen LogP contribution in [0.3, 0.4) is 0 Å². The number of rotatable bonds is 3. The van der Waals surface area contributed by atoms with Gasteiger partial charge < -0.3 is 0 Å². The van der Waals surface area contributed by atoms with E-state index in [1.165, 1.54) is 30.7 Å². The third kappa shape index (κ3) is 2.92. The lowest BCUT2D eigenvalue weighted by molar-refractivity contribution is 0.601. The van der Waals surface area contributed by atoms with Crippen LogP contribution >= 0.6 is 11.6 Å². The molecule has 2 aromatic heterocycles. The van der Waals surface area contributed by atoms with Gasteiger partial charge in [-0.2, -0.15) is 0 Å². The Morgan fingerprint density at radius 2 is 1.82 bits per heavy atom. The zero-order chi connectivity index (χ0) is 12.3. The van der Waals surface area contributed by atoms with E-state index in [-0.39, 0.29) is 10.0 Å². The van der Waals surface area contributed by atoms with Gasteiger partial charge in [0.15, 0.2) is 0 Å². The molecule has 7 heteroatoms. The summed E-state index contributed by atoms with van der Waals surface area (Å²) < 4.78 is 26.3. The summed E-state index contributed by atoms with van der Waals surface area (Å²) >= 11 is 5.64. The summed E-state index contributed by atoms with van der Waals surface area (Å²) in [4.78, 5) is 7.58. The van der Waals surface area contributed by atoms with Gasteiger partial charge in [-0.15, -0.1) is 0 Å². The maximum Gasteiger partial charge on any atom is 0.262 e. The molecule has 88 valence electrons. The van der Waals surface area contributed by atoms with Crippen molar-refractivity contribution >= 4 is 27.3 Å². The molecule has 0 aliphatic carbocycles. The van der Waals surface area contributed by atoms with Crippen molar-refractivity contribution in [2.24, 2.45) is 0 Å². The first-order valence-electron chi connectivity index (χ1n) is 4.62. The van der Waals surface area contributed by atoms with Gasteiger partial charge in [-0.05, 0) is 24.3 Å². The zero-order valence-electron chi connectivity index (χ0n) is 8.54. The molecule has 2 heterocycles. The largest absolute Gasteiger partial charge is 0.280 e. The molecule has 0 saturated carbocycles. The van der Waals surface area contributed by atoms with Gasteiger partial charge in [0.2, 0.25) is 0 Å². The lowest BCUT2D eigenvalue weighted by Gasteiger charge is -2.07. The van der Waals surface area contributed by atoms with Crippen LogP contribution in [-0.4, -0.2) is 18.4 Å². The minimum absolute atomic E-state index is 0.0642. The fourth-order valence-electron chi connectivity index (χ4n) is 1.19. The molecule has 17 heavy (non-hydrogen) atoms. The smallest absolute Gasteiger partial charge is 0.262 e. The van der Waals surface area contributed by atoms with E-state index in [2.05, 4.69) is 14.7 Å². The van der Waals surface area contributed by atoms with Crippen molar-refractivity contribution in [3.63, 3.8) is 0 Å². The molecule has 0 aliphatic rings. The van der Waals surface area contributed by atoms with Crippen LogP contribution in [0.1, 0.15) is 0 Å². The maximum absolute atomic E-state index is 11.9. The standard InChI is InChI=1S/C10H8ClN3O2S/c11-10-7-9(3-6-13-10)17(15,16)14-8-1-4-12-5-2-8/h1-7H,(H,12,14). The van der Waals surface area contributed by atoms with Crippen molar-refractivity contribution in [2.75, 3.05) is 4.72 Å². The van der Waals surface area contributed by atoms with Crippen LogP contribution in [-0.2, 0) is 10.0 Å². The van der Waals surface area contributed by atoms with Crippen LogP contribution in [0, 0.1) is 0 Å². The molecule has 0 aliphatic heterocycles. The van der Waals surface area contributed by atoms with Crippen LogP contribution in [0.4, 0.5) is 5.69 Å². The first kappa shape index (κ1) is 11.8. The number of aromatic nitrogens is 2. The van der Waals surface area contributed by atoms with Gasteiger partial charge in [-0.1, -0.05) is 11.6 Å². The van der Waals surface area contributed by atoms with Crippen molar-refractivity contribution in [2.45, 2.75) is 4.90 Å². The molecular weight excluding hydrogens is 262 g/mol. The van der Waals surface area contributed by atoms with E-state index in [0.717, 1.165) is 0 Å². The lowest BCUT2D eigenvalue weighted by atomic mass is 10.4. The summed E-state index contributed by atoms with van der Waals surface area (Å²) in [6.07, 6.45) is 4.33. The number of sulfonamides is 1. The molecule has 0 saturated heterocycles. The molecule has 2 aromatic rings. The summed E-state index contributed by atoms with van der Waals surface area (Å²) in [6, 6.07) is 5.77. The maximum atomic E-state index is 11.9. The summed E-state index contributed by atoms with van der Waals surface area (Å²) in [6.45, 7) is 0. The molecule has 0 bridgehead atoms. The number of hydrogen-bond donors (Lipinski definition) is 1. The molecule has 5 nitrogen and oxygen atoms in total. The van der Waals surface area contributed by atoms with E-state index < -0.39 is 10.0 Å². The van der Waals surface area contributed by atoms with Gasteiger partial charge in [-0.25, -0.2) is 13.4 Å². The summed E-state index contributed by atoms with van der Waals surface area (Å²) in [5.41, 5.74) is 0.438. The Hall–Kier alpha value is -1.66. The van der Waals surface area contributed by atoms with Crippen molar-refractivity contribution < 1.29 is 8.42 Å². The SMILES string of the molecule is O=S(=O)(Nc1ccncc1)c1ccnc(Cl)c1. The second kappa shape index (κ2) is 4.68. The highest BCUT2D eigenvalue weighted by atomic mass is 35.5. The van der Waals surface area contributed by atoms with Crippen LogP contribution < -0.4 is 4.72 Å². The molecule has 0 aromatic carbocycles. The highest BCUT2D eigenvalue weighted by molar-refractivity contribution is 7.92. The van der Waals surface area contributed by atoms with Crippen molar-refractivity contribution in [1.82, 2.24) is 9.97 Å². The van der Waals surface area contributed by atoms with E-state index in [9.17, 15) is 8.42 Å². The first-order valence-corrected chi connectivity index (χ1v) is 6.48. The normalized spacial score (nSPS) is 11.1. The van der Waals surface area contributed by atoms with Crippen molar-refractivity contribution in [3.8, 4) is 0 Å². The lowest BCUT2D eigenvalue weighted by Crippen LogP contribution is -2.12. The summed E-state index contributed by atoms with van der Waals surface area (Å²) in [7, 11) is -3.64. The topological polar surface area (TPSA) is 72.0 Å². The van der Waals surface area contributed by atoms with Gasteiger partial charge >= 0.3 is 0 Å². The average Bonchev–Trinajstić information content (AvgIpc) is 2.30. The molecule has 0 spiro atoms. The second-order valence-corrected chi connectivity index (χ2v) is 5.23. The van der Waals surface area contributed by atoms with Crippen molar-refractivity contribution in [1.29, 1.82) is 0 Å². The fourth-order valence-corrected chi connectivity index (χ4v) is 2.50. The highest BCUT2D eigenvalue weighted by Crippen LogP contribution is 2.16. The molecule has 0 amide bonds. The van der Waals surface area contributed by atoms with Gasteiger partial charge in [0, 0.05) is 18.6 Å². The predicted octanol–water partition coefficient (Wildman–Crippen LogP) is 1.93. The monoisotopic (exact) mass is 269 g/mol. The van der Waals surface area contributed by atoms with E-state index in [0.29, 0.717) is 5.69 Å². The molecular formula is C10H8ClN3O2S. The minimum Gasteiger partial charge on any atom is -0.280 e. The third-order valence-electron chi connectivity index (χ3n) is 1.94.